The van der Waals surface area contributed by atoms with Gasteiger partial charge in [-0.3, -0.25) is 4.79 Å². The number of esters is 1. The first kappa shape index (κ1) is 19.2. The van der Waals surface area contributed by atoms with Gasteiger partial charge in [0.1, 0.15) is 0 Å². The van der Waals surface area contributed by atoms with E-state index in [0.29, 0.717) is 6.61 Å². The molecule has 0 aromatic heterocycles. The number of benzene rings is 1. The van der Waals surface area contributed by atoms with Crippen LogP contribution in [0.2, 0.25) is 0 Å². The number of carbonyl (C=O) groups excluding carboxylic acids is 1. The second-order valence-corrected chi connectivity index (χ2v) is 6.30. The second-order valence-electron chi connectivity index (χ2n) is 6.30. The van der Waals surface area contributed by atoms with Gasteiger partial charge in [0.25, 0.3) is 0 Å². The van der Waals surface area contributed by atoms with Crippen molar-refractivity contribution < 1.29 is 9.53 Å². The van der Waals surface area contributed by atoms with Crippen LogP contribution in [0.15, 0.2) is 54.1 Å². The minimum atomic E-state index is -0.201. The normalized spacial score (nSPS) is 16.7. The van der Waals surface area contributed by atoms with Gasteiger partial charge in [-0.2, -0.15) is 0 Å². The van der Waals surface area contributed by atoms with Crippen molar-refractivity contribution in [2.24, 2.45) is 5.92 Å². The Morgan fingerprint density at radius 1 is 1.26 bits per heavy atom. The Hall–Kier alpha value is -1.83. The third-order valence-corrected chi connectivity index (χ3v) is 4.09. The molecule has 0 spiro atoms. The van der Waals surface area contributed by atoms with E-state index in [9.17, 15) is 4.79 Å². The summed E-state index contributed by atoms with van der Waals surface area (Å²) in [7, 11) is 0. The maximum atomic E-state index is 10.4. The number of hydrogen-bond donors (Lipinski definition) is 0. The second kappa shape index (κ2) is 10.8. The molecule has 2 heteroatoms. The third-order valence-electron chi connectivity index (χ3n) is 4.09. The van der Waals surface area contributed by atoms with E-state index >= 15 is 0 Å². The van der Waals surface area contributed by atoms with Crippen molar-refractivity contribution in [1.82, 2.24) is 0 Å². The summed E-state index contributed by atoms with van der Waals surface area (Å²) in [5.74, 6) is 0.566. The van der Waals surface area contributed by atoms with Crippen molar-refractivity contribution in [3.63, 3.8) is 0 Å². The first-order chi connectivity index (χ1) is 11.0. The molecular weight excluding hydrogens is 284 g/mol. The van der Waals surface area contributed by atoms with Crippen LogP contribution >= 0.6 is 0 Å². The van der Waals surface area contributed by atoms with Crippen LogP contribution in [0.4, 0.5) is 0 Å². The topological polar surface area (TPSA) is 26.3 Å². The Morgan fingerprint density at radius 2 is 1.96 bits per heavy atom. The fraction of sp³-hybridized carbons (Fsp3) is 0.476. The van der Waals surface area contributed by atoms with E-state index in [0.717, 1.165) is 18.8 Å². The number of aryl methyl sites for hydroxylation is 1. The molecule has 2 rings (SSSR count). The molecular formula is C21H30O2. The van der Waals surface area contributed by atoms with E-state index in [1.165, 1.54) is 37.3 Å². The van der Waals surface area contributed by atoms with E-state index in [-0.39, 0.29) is 5.97 Å². The number of carbonyl (C=O) groups is 1. The Morgan fingerprint density at radius 3 is 2.48 bits per heavy atom. The molecule has 0 saturated heterocycles. The Kier molecular flexibility index (Phi) is 9.04. The van der Waals surface area contributed by atoms with Gasteiger partial charge in [0.15, 0.2) is 0 Å². The molecule has 1 aliphatic carbocycles. The summed E-state index contributed by atoms with van der Waals surface area (Å²) >= 11 is 0. The van der Waals surface area contributed by atoms with Crippen LogP contribution in [-0.4, -0.2) is 12.6 Å². The van der Waals surface area contributed by atoms with Crippen LogP contribution in [0.3, 0.4) is 0 Å². The number of ether oxygens (including phenoxy) is 1. The van der Waals surface area contributed by atoms with Crippen LogP contribution in [-0.2, 0) is 16.0 Å². The zero-order valence-corrected chi connectivity index (χ0v) is 14.8. The van der Waals surface area contributed by atoms with Gasteiger partial charge in [0.2, 0.25) is 0 Å². The molecule has 2 nitrogen and oxygen atoms in total. The van der Waals surface area contributed by atoms with Crippen molar-refractivity contribution in [3.8, 4) is 0 Å². The van der Waals surface area contributed by atoms with Crippen molar-refractivity contribution in [1.29, 1.82) is 0 Å². The molecule has 0 N–H and O–H groups in total. The van der Waals surface area contributed by atoms with Crippen LogP contribution in [0.5, 0.6) is 0 Å². The monoisotopic (exact) mass is 314 g/mol. The highest BCUT2D eigenvalue weighted by Crippen LogP contribution is 2.27. The van der Waals surface area contributed by atoms with E-state index in [1.54, 1.807) is 5.57 Å². The summed E-state index contributed by atoms with van der Waals surface area (Å²) in [6.07, 6.45) is 8.02. The predicted molar refractivity (Wildman–Crippen MR) is 97.3 cm³/mol. The minimum absolute atomic E-state index is 0.201. The number of hydrogen-bond acceptors (Lipinski definition) is 2. The average molecular weight is 314 g/mol. The molecule has 0 amide bonds. The Bertz CT molecular complexity index is 514. The highest BCUT2D eigenvalue weighted by Gasteiger charge is 2.11. The van der Waals surface area contributed by atoms with E-state index in [2.05, 4.69) is 38.6 Å². The molecule has 1 aromatic carbocycles. The standard InChI is InChI=1S/C11H14O2.C10H16/c1-10(12)13-9-5-8-11-6-3-2-4-7-11;1-8(2)10-6-4-9(3)5-7-10/h2-4,6-7H,5,8-9H2,1H3;4,10H,1,5-7H2,2-3H3. The average Bonchev–Trinajstić information content (AvgIpc) is 2.53. The summed E-state index contributed by atoms with van der Waals surface area (Å²) in [5, 5.41) is 0. The van der Waals surface area contributed by atoms with Gasteiger partial charge in [-0.15, -0.1) is 0 Å². The van der Waals surface area contributed by atoms with Gasteiger partial charge < -0.3 is 4.74 Å². The molecule has 1 aromatic rings. The predicted octanol–water partition coefficient (Wildman–Crippen LogP) is 5.49. The van der Waals surface area contributed by atoms with Crippen molar-refractivity contribution in [2.45, 2.75) is 52.9 Å². The molecule has 1 atom stereocenters. The third kappa shape index (κ3) is 9.02. The van der Waals surface area contributed by atoms with Gasteiger partial charge in [0.05, 0.1) is 6.61 Å². The van der Waals surface area contributed by atoms with Crippen LogP contribution < -0.4 is 0 Å². The lowest BCUT2D eigenvalue weighted by Crippen LogP contribution is -2.04. The lowest BCUT2D eigenvalue weighted by Gasteiger charge is -2.19. The maximum Gasteiger partial charge on any atom is 0.302 e. The number of rotatable bonds is 5. The Labute approximate surface area is 141 Å². The largest absolute Gasteiger partial charge is 0.466 e. The highest BCUT2D eigenvalue weighted by atomic mass is 16.5. The fourth-order valence-corrected chi connectivity index (χ4v) is 2.55. The quantitative estimate of drug-likeness (QED) is 0.408. The first-order valence-corrected chi connectivity index (χ1v) is 8.47. The fourth-order valence-electron chi connectivity index (χ4n) is 2.55. The van der Waals surface area contributed by atoms with E-state index < -0.39 is 0 Å². The zero-order chi connectivity index (χ0) is 17.1. The van der Waals surface area contributed by atoms with Gasteiger partial charge >= 0.3 is 5.97 Å². The molecule has 0 fully saturated rings. The van der Waals surface area contributed by atoms with Crippen LogP contribution in [0.1, 0.15) is 52.0 Å². The summed E-state index contributed by atoms with van der Waals surface area (Å²) < 4.78 is 4.82. The molecule has 23 heavy (non-hydrogen) atoms. The summed E-state index contributed by atoms with van der Waals surface area (Å²) in [6, 6.07) is 10.2. The summed E-state index contributed by atoms with van der Waals surface area (Å²) in [5.41, 5.74) is 4.19. The highest BCUT2D eigenvalue weighted by molar-refractivity contribution is 5.65. The molecule has 0 heterocycles. The van der Waals surface area contributed by atoms with Crippen molar-refractivity contribution in [2.75, 3.05) is 6.61 Å². The first-order valence-electron chi connectivity index (χ1n) is 8.47. The van der Waals surface area contributed by atoms with E-state index in [4.69, 9.17) is 4.74 Å². The minimum Gasteiger partial charge on any atom is -0.466 e. The molecule has 0 aliphatic heterocycles. The lowest BCUT2D eigenvalue weighted by molar-refractivity contribution is -0.141. The van der Waals surface area contributed by atoms with Gasteiger partial charge in [0, 0.05) is 6.92 Å². The lowest BCUT2D eigenvalue weighted by atomic mass is 9.86. The van der Waals surface area contributed by atoms with Gasteiger partial charge in [-0.1, -0.05) is 54.1 Å². The SMILES string of the molecule is C=C(C)C1CC=C(C)CC1.CC(=O)OCCCc1ccccc1. The van der Waals surface area contributed by atoms with Crippen molar-refractivity contribution in [3.05, 3.63) is 59.7 Å². The maximum absolute atomic E-state index is 10.4. The Balaban J connectivity index is 0.000000238. The molecule has 0 bridgehead atoms. The molecule has 1 unspecified atom stereocenters. The van der Waals surface area contributed by atoms with Crippen LogP contribution in [0, 0.1) is 5.92 Å². The molecule has 0 radical (unpaired) electrons. The molecule has 126 valence electrons. The number of allylic oxidation sites excluding steroid dienone is 3. The van der Waals surface area contributed by atoms with Gasteiger partial charge in [-0.05, 0) is 57.4 Å². The summed E-state index contributed by atoms with van der Waals surface area (Å²) in [6.45, 7) is 10.3. The van der Waals surface area contributed by atoms with Crippen molar-refractivity contribution >= 4 is 5.97 Å². The van der Waals surface area contributed by atoms with Gasteiger partial charge in [-0.25, -0.2) is 0 Å². The zero-order valence-electron chi connectivity index (χ0n) is 14.8. The molecule has 1 aliphatic rings. The summed E-state index contributed by atoms with van der Waals surface area (Å²) in [4.78, 5) is 10.4. The van der Waals surface area contributed by atoms with Crippen LogP contribution in [0.25, 0.3) is 0 Å². The van der Waals surface area contributed by atoms with E-state index in [1.807, 2.05) is 18.2 Å². The molecule has 0 saturated carbocycles. The smallest absolute Gasteiger partial charge is 0.302 e.